The Bertz CT molecular complexity index is 1290. The number of H-pyrrole nitrogens is 1. The van der Waals surface area contributed by atoms with Crippen molar-refractivity contribution < 1.29 is 65.8 Å². The third kappa shape index (κ3) is 9.77. The number of amides is 1. The van der Waals surface area contributed by atoms with Crippen molar-refractivity contribution in [3.8, 4) is 0 Å². The van der Waals surface area contributed by atoms with Crippen LogP contribution in [0.5, 0.6) is 0 Å². The lowest BCUT2D eigenvalue weighted by Crippen LogP contribution is -2.43. The zero-order chi connectivity index (χ0) is 29.0. The number of nitrogens with one attached hydrogen (secondary N) is 2. The van der Waals surface area contributed by atoms with Gasteiger partial charge in [0.15, 0.2) is 0 Å². The molecule has 0 spiro atoms. The molecule has 1 amide bonds. The number of ether oxygens (including phenoxy) is 2. The van der Waals surface area contributed by atoms with Gasteiger partial charge in [-0.1, -0.05) is 0 Å². The highest BCUT2D eigenvalue weighted by atomic mass is 31.3. The number of aliphatic hydroxyl groups excluding tert-OH is 1. The standard InChI is InChI=1S/C16H27N4O16P3/c21-11-7-13(34-12(11)9-33-38(28,29)36-39(30,31)35-37(25,26)27)20-8-10(15(23)18-16(20)24)14(22)17-1-2-19-3-5-32-6-4-19/h8,11-13,21H,1-7,9H2,(H,17,22)(H,28,29)(H,30,31)(H,18,23,24)(H2,25,26,27)/t11-,12+,13+/m0/s1. The Labute approximate surface area is 218 Å². The summed E-state index contributed by atoms with van der Waals surface area (Å²) in [6, 6.07) is 0. The molecule has 3 heterocycles. The summed E-state index contributed by atoms with van der Waals surface area (Å²) in [7, 11) is -16.8. The largest absolute Gasteiger partial charge is 0.490 e. The van der Waals surface area contributed by atoms with E-state index in [1.165, 1.54) is 0 Å². The first-order valence-electron chi connectivity index (χ1n) is 11.1. The monoisotopic (exact) mass is 624 g/mol. The second-order valence-corrected chi connectivity index (χ2v) is 12.7. The molecule has 2 aliphatic rings. The van der Waals surface area contributed by atoms with Crippen molar-refractivity contribution in [3.05, 3.63) is 32.6 Å². The molecule has 7 N–H and O–H groups in total. The Hall–Kier alpha value is -1.60. The Morgan fingerprint density at radius 3 is 2.41 bits per heavy atom. The average molecular weight is 624 g/mol. The van der Waals surface area contributed by atoms with E-state index < -0.39 is 71.2 Å². The molecule has 23 heteroatoms. The van der Waals surface area contributed by atoms with Crippen LogP contribution in [-0.4, -0.2) is 103 Å². The van der Waals surface area contributed by atoms with Crippen molar-refractivity contribution in [1.29, 1.82) is 0 Å². The van der Waals surface area contributed by atoms with Gasteiger partial charge in [-0.3, -0.25) is 28.6 Å². The topological polar surface area (TPSA) is 286 Å². The number of aromatic amines is 1. The maximum Gasteiger partial charge on any atom is 0.490 e. The number of morpholine rings is 1. The molecule has 2 saturated heterocycles. The number of aliphatic hydroxyl groups is 1. The van der Waals surface area contributed by atoms with Crippen molar-refractivity contribution in [2.24, 2.45) is 0 Å². The number of phosphoric acid groups is 3. The number of hydrogen-bond acceptors (Lipinski definition) is 13. The number of hydrogen-bond donors (Lipinski definition) is 7. The van der Waals surface area contributed by atoms with Gasteiger partial charge < -0.3 is 39.5 Å². The van der Waals surface area contributed by atoms with E-state index in [-0.39, 0.29) is 13.0 Å². The van der Waals surface area contributed by atoms with Crippen molar-refractivity contribution in [3.63, 3.8) is 0 Å². The summed E-state index contributed by atoms with van der Waals surface area (Å²) in [6.45, 7) is 2.24. The summed E-state index contributed by atoms with van der Waals surface area (Å²) in [5, 5.41) is 12.8. The van der Waals surface area contributed by atoms with Gasteiger partial charge in [0.25, 0.3) is 11.5 Å². The highest BCUT2D eigenvalue weighted by Crippen LogP contribution is 2.66. The molecule has 2 aliphatic heterocycles. The molecule has 5 atom stereocenters. The Morgan fingerprint density at radius 1 is 1.10 bits per heavy atom. The molecule has 0 radical (unpaired) electrons. The van der Waals surface area contributed by atoms with Crippen LogP contribution in [0.2, 0.25) is 0 Å². The summed E-state index contributed by atoms with van der Waals surface area (Å²) in [4.78, 5) is 77.0. The van der Waals surface area contributed by atoms with E-state index in [1.807, 2.05) is 9.88 Å². The first-order chi connectivity index (χ1) is 18.1. The lowest BCUT2D eigenvalue weighted by molar-refractivity contribution is -0.0450. The molecule has 39 heavy (non-hydrogen) atoms. The number of carbonyl (C=O) groups is 1. The van der Waals surface area contributed by atoms with Crippen LogP contribution in [0.15, 0.2) is 15.8 Å². The zero-order valence-corrected chi connectivity index (χ0v) is 22.6. The summed E-state index contributed by atoms with van der Waals surface area (Å²) >= 11 is 0. The number of carbonyl (C=O) groups excluding carboxylic acids is 1. The number of phosphoric ester groups is 1. The fourth-order valence-electron chi connectivity index (χ4n) is 3.62. The minimum absolute atomic E-state index is 0.207. The molecule has 0 aliphatic carbocycles. The van der Waals surface area contributed by atoms with Crippen LogP contribution in [0.1, 0.15) is 23.0 Å². The molecule has 1 aromatic heterocycles. The van der Waals surface area contributed by atoms with Gasteiger partial charge >= 0.3 is 29.2 Å². The second kappa shape index (κ2) is 12.9. The van der Waals surface area contributed by atoms with E-state index in [0.717, 1.165) is 10.8 Å². The predicted molar refractivity (Wildman–Crippen MR) is 125 cm³/mol. The molecule has 0 bridgehead atoms. The van der Waals surface area contributed by atoms with E-state index in [0.29, 0.717) is 32.8 Å². The smallest absolute Gasteiger partial charge is 0.390 e. The van der Waals surface area contributed by atoms with Gasteiger partial charge in [0.2, 0.25) is 0 Å². The molecule has 222 valence electrons. The van der Waals surface area contributed by atoms with Crippen molar-refractivity contribution >= 4 is 29.4 Å². The molecule has 3 rings (SSSR count). The Balaban J connectivity index is 1.61. The molecular weight excluding hydrogens is 597 g/mol. The average Bonchev–Trinajstić information content (AvgIpc) is 3.16. The molecule has 0 aromatic carbocycles. The van der Waals surface area contributed by atoms with Gasteiger partial charge in [0.1, 0.15) is 17.9 Å². The van der Waals surface area contributed by atoms with Crippen LogP contribution in [-0.2, 0) is 36.3 Å². The molecule has 20 nitrogen and oxygen atoms in total. The second-order valence-electron chi connectivity index (χ2n) is 8.24. The first kappa shape index (κ1) is 31.9. The van der Waals surface area contributed by atoms with Gasteiger partial charge in [0.05, 0.1) is 25.9 Å². The van der Waals surface area contributed by atoms with Gasteiger partial charge in [-0.2, -0.15) is 8.62 Å². The van der Waals surface area contributed by atoms with Crippen LogP contribution in [0.3, 0.4) is 0 Å². The SMILES string of the molecule is O=C(NCCN1CCOCC1)c1cn([C@H]2C[C@H](O)[C@@H](COP(=O)(O)OP(=O)(O)OP(=O)(O)O)O2)c(=O)[nH]c1=O. The fourth-order valence-corrected chi connectivity index (χ4v) is 6.65. The van der Waals surface area contributed by atoms with Crippen LogP contribution < -0.4 is 16.6 Å². The van der Waals surface area contributed by atoms with Gasteiger partial charge in [-0.05, 0) is 0 Å². The highest BCUT2D eigenvalue weighted by molar-refractivity contribution is 7.66. The van der Waals surface area contributed by atoms with Gasteiger partial charge in [-0.25, -0.2) is 18.5 Å². The van der Waals surface area contributed by atoms with Crippen LogP contribution >= 0.6 is 23.5 Å². The molecule has 2 unspecified atom stereocenters. The first-order valence-corrected chi connectivity index (χ1v) is 15.6. The summed E-state index contributed by atoms with van der Waals surface area (Å²) < 4.78 is 57.1. The van der Waals surface area contributed by atoms with Gasteiger partial charge in [0, 0.05) is 38.8 Å². The van der Waals surface area contributed by atoms with E-state index in [9.17, 15) is 43.0 Å². The third-order valence-electron chi connectivity index (χ3n) is 5.36. The van der Waals surface area contributed by atoms with Gasteiger partial charge in [-0.15, -0.1) is 0 Å². The van der Waals surface area contributed by atoms with Crippen LogP contribution in [0, 0.1) is 0 Å². The minimum atomic E-state index is -5.74. The molecule has 2 fully saturated rings. The summed E-state index contributed by atoms with van der Waals surface area (Å²) in [5.74, 6) is -0.777. The quantitative estimate of drug-likeness (QED) is 0.119. The maximum atomic E-state index is 12.6. The number of nitrogens with zero attached hydrogens (tertiary/aromatic N) is 2. The third-order valence-corrected chi connectivity index (χ3v) is 9.16. The Morgan fingerprint density at radius 2 is 1.77 bits per heavy atom. The van der Waals surface area contributed by atoms with E-state index in [2.05, 4.69) is 18.5 Å². The molecule has 0 saturated carbocycles. The van der Waals surface area contributed by atoms with Crippen molar-refractivity contribution in [2.45, 2.75) is 24.9 Å². The van der Waals surface area contributed by atoms with E-state index in [1.54, 1.807) is 0 Å². The molecular formula is C16H27N4O16P3. The number of rotatable bonds is 12. The van der Waals surface area contributed by atoms with Crippen LogP contribution in [0.4, 0.5) is 0 Å². The summed E-state index contributed by atoms with van der Waals surface area (Å²) in [5.41, 5.74) is -2.38. The fraction of sp³-hybridized carbons (Fsp3) is 0.688. The van der Waals surface area contributed by atoms with E-state index in [4.69, 9.17) is 19.3 Å². The molecule has 1 aromatic rings. The van der Waals surface area contributed by atoms with E-state index >= 15 is 0 Å². The minimum Gasteiger partial charge on any atom is -0.390 e. The zero-order valence-electron chi connectivity index (χ0n) is 19.9. The predicted octanol–water partition coefficient (Wildman–Crippen LogP) is -2.41. The van der Waals surface area contributed by atoms with Crippen LogP contribution in [0.25, 0.3) is 0 Å². The maximum absolute atomic E-state index is 12.6. The van der Waals surface area contributed by atoms with Crippen molar-refractivity contribution in [1.82, 2.24) is 19.8 Å². The summed E-state index contributed by atoms with van der Waals surface area (Å²) in [6.07, 6.45) is -3.53. The Kier molecular flexibility index (Phi) is 10.6. The normalized spacial score (nSPS) is 25.6. The lowest BCUT2D eigenvalue weighted by Gasteiger charge is -2.26. The number of aromatic nitrogens is 2. The highest BCUT2D eigenvalue weighted by Gasteiger charge is 2.43. The van der Waals surface area contributed by atoms with Crippen molar-refractivity contribution in [2.75, 3.05) is 46.0 Å². The lowest BCUT2D eigenvalue weighted by atomic mass is 10.2.